The molecule has 0 aliphatic carbocycles. The van der Waals surface area contributed by atoms with Gasteiger partial charge in [0, 0.05) is 13.1 Å². The third kappa shape index (κ3) is 1.83. The number of nitrogens with one attached hydrogen (secondary N) is 1. The van der Waals surface area contributed by atoms with Crippen molar-refractivity contribution in [2.24, 2.45) is 11.1 Å². The largest absolute Gasteiger partial charge is 0.391 e. The van der Waals surface area contributed by atoms with Gasteiger partial charge in [0.1, 0.15) is 5.69 Å². The number of nitrogens with two attached hydrogens (primary N) is 2. The summed E-state index contributed by atoms with van der Waals surface area (Å²) in [7, 11) is 0. The Morgan fingerprint density at radius 3 is 2.94 bits per heavy atom. The van der Waals surface area contributed by atoms with Crippen LogP contribution in [0.2, 0.25) is 0 Å². The van der Waals surface area contributed by atoms with Crippen molar-refractivity contribution in [2.75, 3.05) is 23.7 Å². The SMILES string of the molecule is CC1(C(N)=O)CCN(c2nc[nH]c(=O)c2N)C1. The van der Waals surface area contributed by atoms with Gasteiger partial charge in [-0.1, -0.05) is 0 Å². The molecule has 0 aromatic carbocycles. The zero-order valence-corrected chi connectivity index (χ0v) is 9.56. The molecule has 1 aliphatic heterocycles. The Hall–Kier alpha value is -2.05. The summed E-state index contributed by atoms with van der Waals surface area (Å²) in [4.78, 5) is 30.9. The number of anilines is 2. The van der Waals surface area contributed by atoms with Crippen molar-refractivity contribution >= 4 is 17.4 Å². The molecule has 7 nitrogen and oxygen atoms in total. The van der Waals surface area contributed by atoms with Gasteiger partial charge in [-0.05, 0) is 13.3 Å². The molecule has 1 aliphatic rings. The fourth-order valence-electron chi connectivity index (χ4n) is 2.00. The monoisotopic (exact) mass is 237 g/mol. The van der Waals surface area contributed by atoms with Gasteiger partial charge in [-0.3, -0.25) is 9.59 Å². The van der Waals surface area contributed by atoms with E-state index >= 15 is 0 Å². The third-order valence-electron chi connectivity index (χ3n) is 3.24. The van der Waals surface area contributed by atoms with Crippen LogP contribution in [0.15, 0.2) is 11.1 Å². The van der Waals surface area contributed by atoms with Crippen molar-refractivity contribution in [3.63, 3.8) is 0 Å². The lowest BCUT2D eigenvalue weighted by atomic mass is 9.89. The van der Waals surface area contributed by atoms with Gasteiger partial charge in [0.25, 0.3) is 5.56 Å². The molecule has 0 radical (unpaired) electrons. The molecule has 1 aromatic heterocycles. The fraction of sp³-hybridized carbons (Fsp3) is 0.500. The summed E-state index contributed by atoms with van der Waals surface area (Å²) in [6, 6.07) is 0. The number of H-pyrrole nitrogens is 1. The molecule has 2 heterocycles. The zero-order valence-electron chi connectivity index (χ0n) is 9.56. The number of aromatic nitrogens is 2. The van der Waals surface area contributed by atoms with Crippen LogP contribution in [-0.4, -0.2) is 29.0 Å². The van der Waals surface area contributed by atoms with E-state index in [4.69, 9.17) is 11.5 Å². The summed E-state index contributed by atoms with van der Waals surface area (Å²) < 4.78 is 0. The molecule has 0 saturated carbocycles. The van der Waals surface area contributed by atoms with Gasteiger partial charge in [-0.25, -0.2) is 4.98 Å². The molecule has 1 fully saturated rings. The highest BCUT2D eigenvalue weighted by molar-refractivity contribution is 5.82. The van der Waals surface area contributed by atoms with Crippen LogP contribution in [0.4, 0.5) is 11.5 Å². The van der Waals surface area contributed by atoms with Gasteiger partial charge in [0.15, 0.2) is 5.82 Å². The number of hydrogen-bond donors (Lipinski definition) is 3. The summed E-state index contributed by atoms with van der Waals surface area (Å²) in [5, 5.41) is 0. The maximum atomic E-state index is 11.4. The highest BCUT2D eigenvalue weighted by Gasteiger charge is 2.39. The molecular formula is C10H15N5O2. The topological polar surface area (TPSA) is 118 Å². The second-order valence-electron chi connectivity index (χ2n) is 4.57. The summed E-state index contributed by atoms with van der Waals surface area (Å²) in [5.41, 5.74) is 10.1. The van der Waals surface area contributed by atoms with Crippen LogP contribution < -0.4 is 21.9 Å². The number of nitrogen functional groups attached to an aromatic ring is 1. The number of carbonyl (C=O) groups is 1. The minimum absolute atomic E-state index is 0.0706. The van der Waals surface area contributed by atoms with Crippen LogP contribution in [0.1, 0.15) is 13.3 Å². The molecule has 1 aromatic rings. The highest BCUT2D eigenvalue weighted by atomic mass is 16.1. The number of carbonyl (C=O) groups excluding carboxylic acids is 1. The maximum absolute atomic E-state index is 11.4. The van der Waals surface area contributed by atoms with Gasteiger partial charge in [-0.2, -0.15) is 0 Å². The number of hydrogen-bond acceptors (Lipinski definition) is 5. The second-order valence-corrected chi connectivity index (χ2v) is 4.57. The lowest BCUT2D eigenvalue weighted by Crippen LogP contribution is -2.37. The standard InChI is InChI=1S/C10H15N5O2/c1-10(9(12)17)2-3-15(4-10)7-6(11)8(16)14-5-13-7/h5H,2-4,11H2,1H3,(H2,12,17)(H,13,14,16). The molecular weight excluding hydrogens is 222 g/mol. The van der Waals surface area contributed by atoms with Gasteiger partial charge in [-0.15, -0.1) is 0 Å². The first-order valence-corrected chi connectivity index (χ1v) is 5.32. The normalized spacial score (nSPS) is 23.9. The van der Waals surface area contributed by atoms with Gasteiger partial charge < -0.3 is 21.4 Å². The van der Waals surface area contributed by atoms with E-state index in [0.29, 0.717) is 25.3 Å². The van der Waals surface area contributed by atoms with Crippen molar-refractivity contribution < 1.29 is 4.79 Å². The number of rotatable bonds is 2. The molecule has 0 bridgehead atoms. The minimum Gasteiger partial charge on any atom is -0.391 e. The van der Waals surface area contributed by atoms with E-state index in [0.717, 1.165) is 0 Å². The Bertz CT molecular complexity index is 512. The van der Waals surface area contributed by atoms with Crippen LogP contribution in [-0.2, 0) is 4.79 Å². The molecule has 7 heteroatoms. The quantitative estimate of drug-likeness (QED) is 0.613. The van der Waals surface area contributed by atoms with Gasteiger partial charge in [0.05, 0.1) is 11.7 Å². The Kier molecular flexibility index (Phi) is 2.53. The van der Waals surface area contributed by atoms with Gasteiger partial charge in [0.2, 0.25) is 5.91 Å². The molecule has 1 unspecified atom stereocenters. The van der Waals surface area contributed by atoms with Crippen LogP contribution in [0.3, 0.4) is 0 Å². The first-order valence-electron chi connectivity index (χ1n) is 5.32. The second kappa shape index (κ2) is 3.76. The van der Waals surface area contributed by atoms with Crippen molar-refractivity contribution in [2.45, 2.75) is 13.3 Å². The average Bonchev–Trinajstić information content (AvgIpc) is 2.66. The van der Waals surface area contributed by atoms with E-state index in [-0.39, 0.29) is 17.2 Å². The first-order chi connectivity index (χ1) is 7.94. The molecule has 92 valence electrons. The van der Waals surface area contributed by atoms with E-state index in [2.05, 4.69) is 9.97 Å². The highest BCUT2D eigenvalue weighted by Crippen LogP contribution is 2.33. The minimum atomic E-state index is -0.587. The van der Waals surface area contributed by atoms with Crippen LogP contribution >= 0.6 is 0 Å². The number of aromatic amines is 1. The number of amides is 1. The van der Waals surface area contributed by atoms with E-state index < -0.39 is 5.41 Å². The number of nitrogens with zero attached hydrogens (tertiary/aromatic N) is 2. The Balaban J connectivity index is 2.30. The molecule has 5 N–H and O–H groups in total. The molecule has 1 atom stereocenters. The third-order valence-corrected chi connectivity index (χ3v) is 3.24. The molecule has 1 saturated heterocycles. The fourth-order valence-corrected chi connectivity index (χ4v) is 2.00. The summed E-state index contributed by atoms with van der Waals surface area (Å²) in [5.74, 6) is 0.0714. The number of primary amides is 1. The maximum Gasteiger partial charge on any atom is 0.276 e. The van der Waals surface area contributed by atoms with Gasteiger partial charge >= 0.3 is 0 Å². The zero-order chi connectivity index (χ0) is 12.6. The van der Waals surface area contributed by atoms with Crippen molar-refractivity contribution in [1.29, 1.82) is 0 Å². The Labute approximate surface area is 97.8 Å². The average molecular weight is 237 g/mol. The van der Waals surface area contributed by atoms with Crippen molar-refractivity contribution in [3.05, 3.63) is 16.7 Å². The van der Waals surface area contributed by atoms with E-state index in [9.17, 15) is 9.59 Å². The van der Waals surface area contributed by atoms with E-state index in [1.54, 1.807) is 6.92 Å². The summed E-state index contributed by atoms with van der Waals surface area (Å²) >= 11 is 0. The lowest BCUT2D eigenvalue weighted by molar-refractivity contribution is -0.125. The van der Waals surface area contributed by atoms with Crippen LogP contribution in [0.25, 0.3) is 0 Å². The Morgan fingerprint density at radius 2 is 2.35 bits per heavy atom. The van der Waals surface area contributed by atoms with Crippen LogP contribution in [0.5, 0.6) is 0 Å². The summed E-state index contributed by atoms with van der Waals surface area (Å²) in [6.07, 6.45) is 1.93. The molecule has 17 heavy (non-hydrogen) atoms. The smallest absolute Gasteiger partial charge is 0.276 e. The van der Waals surface area contributed by atoms with E-state index in [1.165, 1.54) is 6.33 Å². The van der Waals surface area contributed by atoms with Crippen LogP contribution in [0, 0.1) is 5.41 Å². The van der Waals surface area contributed by atoms with E-state index in [1.807, 2.05) is 4.90 Å². The predicted molar refractivity (Wildman–Crippen MR) is 63.4 cm³/mol. The molecule has 0 spiro atoms. The van der Waals surface area contributed by atoms with Crippen molar-refractivity contribution in [1.82, 2.24) is 9.97 Å². The first kappa shape index (κ1) is 11.4. The predicted octanol–water partition coefficient (Wildman–Crippen LogP) is -0.946. The summed E-state index contributed by atoms with van der Waals surface area (Å²) in [6.45, 7) is 2.85. The molecule has 1 amide bonds. The lowest BCUT2D eigenvalue weighted by Gasteiger charge is -2.22. The Morgan fingerprint density at radius 1 is 1.65 bits per heavy atom. The van der Waals surface area contributed by atoms with Crippen molar-refractivity contribution in [3.8, 4) is 0 Å². The molecule has 2 rings (SSSR count).